The van der Waals surface area contributed by atoms with E-state index in [2.05, 4.69) is 10.6 Å². The Hall–Kier alpha value is -1.84. The molecule has 120 valence electrons. The lowest BCUT2D eigenvalue weighted by atomic mass is 9.94. The Morgan fingerprint density at radius 2 is 1.68 bits per heavy atom. The second-order valence-electron chi connectivity index (χ2n) is 6.40. The highest BCUT2D eigenvalue weighted by Crippen LogP contribution is 2.18. The molecule has 4 heteroatoms. The highest BCUT2D eigenvalue weighted by atomic mass is 16.2. The predicted molar refractivity (Wildman–Crippen MR) is 87.5 cm³/mol. The molecule has 2 N–H and O–H groups in total. The minimum absolute atomic E-state index is 0.0521. The molecule has 0 saturated heterocycles. The van der Waals surface area contributed by atoms with Crippen molar-refractivity contribution in [3.63, 3.8) is 0 Å². The van der Waals surface area contributed by atoms with Crippen LogP contribution < -0.4 is 10.6 Å². The standard InChI is InChI=1S/C18H26N2O2/c1-13(2)16(18(22)19-15-11-7-4-8-12-15)20-17(21)14-9-5-3-6-10-14/h3,5-6,9-10,13,15-16H,4,7-8,11-12H2,1-2H3,(H,19,22)(H,20,21). The first kappa shape index (κ1) is 16.5. The van der Waals surface area contributed by atoms with Crippen LogP contribution in [0.2, 0.25) is 0 Å². The molecule has 0 spiro atoms. The second kappa shape index (κ2) is 7.97. The van der Waals surface area contributed by atoms with Crippen LogP contribution in [0.15, 0.2) is 30.3 Å². The van der Waals surface area contributed by atoms with Gasteiger partial charge in [-0.25, -0.2) is 0 Å². The summed E-state index contributed by atoms with van der Waals surface area (Å²) < 4.78 is 0. The molecule has 1 aliphatic carbocycles. The highest BCUT2D eigenvalue weighted by Gasteiger charge is 2.26. The fourth-order valence-electron chi connectivity index (χ4n) is 2.89. The molecule has 1 atom stereocenters. The molecule has 0 radical (unpaired) electrons. The summed E-state index contributed by atoms with van der Waals surface area (Å²) in [6.45, 7) is 3.91. The Morgan fingerprint density at radius 3 is 2.27 bits per heavy atom. The summed E-state index contributed by atoms with van der Waals surface area (Å²) in [5, 5.41) is 5.97. The van der Waals surface area contributed by atoms with Crippen LogP contribution in [0.3, 0.4) is 0 Å². The normalized spacial score (nSPS) is 17.0. The fraction of sp³-hybridized carbons (Fsp3) is 0.556. The van der Waals surface area contributed by atoms with Crippen LogP contribution in [0.4, 0.5) is 0 Å². The molecule has 0 bridgehead atoms. The molecule has 2 rings (SSSR count). The van der Waals surface area contributed by atoms with Crippen molar-refractivity contribution in [2.24, 2.45) is 5.92 Å². The van der Waals surface area contributed by atoms with Gasteiger partial charge in [-0.15, -0.1) is 0 Å². The zero-order valence-electron chi connectivity index (χ0n) is 13.5. The van der Waals surface area contributed by atoms with E-state index in [9.17, 15) is 9.59 Å². The number of hydrogen-bond acceptors (Lipinski definition) is 2. The van der Waals surface area contributed by atoms with Crippen LogP contribution in [0, 0.1) is 5.92 Å². The Balaban J connectivity index is 1.96. The van der Waals surface area contributed by atoms with Crippen molar-refractivity contribution < 1.29 is 9.59 Å². The first-order valence-electron chi connectivity index (χ1n) is 8.24. The third-order valence-electron chi connectivity index (χ3n) is 4.22. The lowest BCUT2D eigenvalue weighted by molar-refractivity contribution is -0.124. The summed E-state index contributed by atoms with van der Waals surface area (Å²) >= 11 is 0. The third-order valence-corrected chi connectivity index (χ3v) is 4.22. The molecule has 1 aromatic carbocycles. The van der Waals surface area contributed by atoms with Crippen molar-refractivity contribution in [3.05, 3.63) is 35.9 Å². The van der Waals surface area contributed by atoms with Crippen molar-refractivity contribution in [1.29, 1.82) is 0 Å². The van der Waals surface area contributed by atoms with E-state index in [-0.39, 0.29) is 23.8 Å². The van der Waals surface area contributed by atoms with Crippen LogP contribution in [0.5, 0.6) is 0 Å². The molecule has 1 aliphatic rings. The summed E-state index contributed by atoms with van der Waals surface area (Å²) in [5.41, 5.74) is 0.582. The molecule has 1 aromatic rings. The van der Waals surface area contributed by atoms with E-state index in [0.29, 0.717) is 5.56 Å². The molecular formula is C18H26N2O2. The average molecular weight is 302 g/mol. The summed E-state index contributed by atoms with van der Waals surface area (Å²) in [6, 6.07) is 8.79. The van der Waals surface area contributed by atoms with E-state index >= 15 is 0 Å². The Labute approximate surface area is 132 Å². The van der Waals surface area contributed by atoms with Crippen LogP contribution in [0.25, 0.3) is 0 Å². The first-order valence-corrected chi connectivity index (χ1v) is 8.24. The van der Waals surface area contributed by atoms with Gasteiger partial charge in [0.1, 0.15) is 6.04 Å². The SMILES string of the molecule is CC(C)C(NC(=O)c1ccccc1)C(=O)NC1CCCCC1. The maximum atomic E-state index is 12.5. The zero-order chi connectivity index (χ0) is 15.9. The van der Waals surface area contributed by atoms with Crippen molar-refractivity contribution in [2.75, 3.05) is 0 Å². The minimum Gasteiger partial charge on any atom is -0.352 e. The third kappa shape index (κ3) is 4.58. The number of hydrogen-bond donors (Lipinski definition) is 2. The molecule has 1 unspecified atom stereocenters. The summed E-state index contributed by atoms with van der Waals surface area (Å²) in [5.74, 6) is -0.208. The Bertz CT molecular complexity index is 493. The van der Waals surface area contributed by atoms with Gasteiger partial charge in [0.25, 0.3) is 5.91 Å². The first-order chi connectivity index (χ1) is 10.6. The predicted octanol–water partition coefficient (Wildman–Crippen LogP) is 2.89. The van der Waals surface area contributed by atoms with E-state index in [0.717, 1.165) is 12.8 Å². The van der Waals surface area contributed by atoms with E-state index in [1.807, 2.05) is 32.0 Å². The summed E-state index contributed by atoms with van der Waals surface area (Å²) in [7, 11) is 0. The van der Waals surface area contributed by atoms with Gasteiger partial charge in [-0.3, -0.25) is 9.59 Å². The maximum absolute atomic E-state index is 12.5. The molecule has 0 aliphatic heterocycles. The topological polar surface area (TPSA) is 58.2 Å². The smallest absolute Gasteiger partial charge is 0.251 e. The zero-order valence-corrected chi connectivity index (χ0v) is 13.5. The number of carbonyl (C=O) groups is 2. The van der Waals surface area contributed by atoms with Crippen LogP contribution >= 0.6 is 0 Å². The van der Waals surface area contributed by atoms with E-state index < -0.39 is 6.04 Å². The number of rotatable bonds is 5. The van der Waals surface area contributed by atoms with Crippen molar-refractivity contribution in [2.45, 2.75) is 58.0 Å². The van der Waals surface area contributed by atoms with Gasteiger partial charge >= 0.3 is 0 Å². The molecule has 1 saturated carbocycles. The Morgan fingerprint density at radius 1 is 1.05 bits per heavy atom. The lowest BCUT2D eigenvalue weighted by Gasteiger charge is -2.27. The van der Waals surface area contributed by atoms with Crippen LogP contribution in [-0.4, -0.2) is 23.9 Å². The number of nitrogens with one attached hydrogen (secondary N) is 2. The lowest BCUT2D eigenvalue weighted by Crippen LogP contribution is -2.52. The van der Waals surface area contributed by atoms with Gasteiger partial charge in [0.2, 0.25) is 5.91 Å². The van der Waals surface area contributed by atoms with Crippen LogP contribution in [0.1, 0.15) is 56.3 Å². The van der Waals surface area contributed by atoms with E-state index in [4.69, 9.17) is 0 Å². The number of amides is 2. The molecule has 0 aromatic heterocycles. The van der Waals surface area contributed by atoms with Crippen molar-refractivity contribution in [1.82, 2.24) is 10.6 Å². The largest absolute Gasteiger partial charge is 0.352 e. The number of carbonyl (C=O) groups excluding carboxylic acids is 2. The monoisotopic (exact) mass is 302 g/mol. The molecule has 4 nitrogen and oxygen atoms in total. The molecule has 1 fully saturated rings. The summed E-state index contributed by atoms with van der Waals surface area (Å²) in [6.07, 6.45) is 5.69. The van der Waals surface area contributed by atoms with Gasteiger partial charge in [0.15, 0.2) is 0 Å². The minimum atomic E-state index is -0.491. The van der Waals surface area contributed by atoms with E-state index in [1.54, 1.807) is 12.1 Å². The van der Waals surface area contributed by atoms with Crippen molar-refractivity contribution in [3.8, 4) is 0 Å². The number of benzene rings is 1. The van der Waals surface area contributed by atoms with Gasteiger partial charge in [-0.1, -0.05) is 51.3 Å². The van der Waals surface area contributed by atoms with Gasteiger partial charge < -0.3 is 10.6 Å². The average Bonchev–Trinajstić information content (AvgIpc) is 2.53. The Kier molecular flexibility index (Phi) is 5.99. The maximum Gasteiger partial charge on any atom is 0.251 e. The summed E-state index contributed by atoms with van der Waals surface area (Å²) in [4.78, 5) is 24.8. The van der Waals surface area contributed by atoms with Gasteiger partial charge in [0, 0.05) is 11.6 Å². The molecule has 2 amide bonds. The van der Waals surface area contributed by atoms with Gasteiger partial charge in [0.05, 0.1) is 0 Å². The van der Waals surface area contributed by atoms with Gasteiger partial charge in [-0.2, -0.15) is 0 Å². The molecule has 0 heterocycles. The molecular weight excluding hydrogens is 276 g/mol. The second-order valence-corrected chi connectivity index (χ2v) is 6.40. The van der Waals surface area contributed by atoms with Crippen LogP contribution in [-0.2, 0) is 4.79 Å². The highest BCUT2D eigenvalue weighted by molar-refractivity contribution is 5.97. The van der Waals surface area contributed by atoms with E-state index in [1.165, 1.54) is 19.3 Å². The molecule has 22 heavy (non-hydrogen) atoms. The van der Waals surface area contributed by atoms with Gasteiger partial charge in [-0.05, 0) is 30.9 Å². The van der Waals surface area contributed by atoms with Crippen molar-refractivity contribution >= 4 is 11.8 Å². The fourth-order valence-corrected chi connectivity index (χ4v) is 2.89. The quantitative estimate of drug-likeness (QED) is 0.878.